The monoisotopic (exact) mass is 370 g/mol. The molecule has 0 bridgehead atoms. The van der Waals surface area contributed by atoms with Crippen LogP contribution in [-0.2, 0) is 6.54 Å². The second-order valence-corrected chi connectivity index (χ2v) is 5.92. The van der Waals surface area contributed by atoms with E-state index in [0.717, 1.165) is 17.0 Å². The van der Waals surface area contributed by atoms with Gasteiger partial charge in [0.2, 0.25) is 5.95 Å². The van der Waals surface area contributed by atoms with Crippen LogP contribution in [0.5, 0.6) is 11.5 Å². The van der Waals surface area contributed by atoms with Crippen LogP contribution in [0.4, 0.5) is 17.5 Å². The lowest BCUT2D eigenvalue weighted by atomic mass is 10.3. The van der Waals surface area contributed by atoms with Crippen LogP contribution in [0.2, 0.25) is 0 Å². The molecule has 0 unspecified atom stereocenters. The van der Waals surface area contributed by atoms with Crippen LogP contribution in [0, 0.1) is 0 Å². The number of rotatable bonds is 7. The van der Waals surface area contributed by atoms with Gasteiger partial charge in [-0.15, -0.1) is 5.10 Å². The number of pyridine rings is 1. The van der Waals surface area contributed by atoms with E-state index in [1.54, 1.807) is 18.6 Å². The molecule has 4 rings (SSSR count). The van der Waals surface area contributed by atoms with Crippen molar-refractivity contribution in [3.63, 3.8) is 0 Å². The molecular formula is C21H18N6O. The van der Waals surface area contributed by atoms with E-state index in [1.165, 1.54) is 0 Å². The molecule has 0 atom stereocenters. The Hall–Kier alpha value is -4.00. The molecule has 138 valence electrons. The second kappa shape index (κ2) is 8.59. The van der Waals surface area contributed by atoms with Crippen molar-refractivity contribution in [2.75, 3.05) is 10.6 Å². The van der Waals surface area contributed by atoms with Crippen molar-refractivity contribution >= 4 is 17.5 Å². The summed E-state index contributed by atoms with van der Waals surface area (Å²) in [4.78, 5) is 8.56. The van der Waals surface area contributed by atoms with Crippen molar-refractivity contribution in [1.29, 1.82) is 0 Å². The number of ether oxygens (including phenoxy) is 1. The maximum atomic E-state index is 5.96. The number of anilines is 3. The Labute approximate surface area is 162 Å². The molecule has 0 fully saturated rings. The van der Waals surface area contributed by atoms with Crippen molar-refractivity contribution in [2.45, 2.75) is 6.54 Å². The molecule has 0 saturated heterocycles. The Morgan fingerprint density at radius 2 is 1.71 bits per heavy atom. The first-order chi connectivity index (χ1) is 13.9. The quantitative estimate of drug-likeness (QED) is 0.498. The van der Waals surface area contributed by atoms with Crippen LogP contribution < -0.4 is 15.4 Å². The maximum Gasteiger partial charge on any atom is 0.249 e. The van der Waals surface area contributed by atoms with Gasteiger partial charge in [0.05, 0.1) is 11.9 Å². The summed E-state index contributed by atoms with van der Waals surface area (Å²) in [6.45, 7) is 0.597. The maximum absolute atomic E-state index is 5.96. The van der Waals surface area contributed by atoms with Gasteiger partial charge in [-0.2, -0.15) is 10.1 Å². The highest BCUT2D eigenvalue weighted by Gasteiger charge is 2.07. The molecule has 2 aromatic carbocycles. The first kappa shape index (κ1) is 17.4. The highest BCUT2D eigenvalue weighted by atomic mass is 16.5. The van der Waals surface area contributed by atoms with Crippen LogP contribution in [0.3, 0.4) is 0 Å². The van der Waals surface area contributed by atoms with E-state index in [-0.39, 0.29) is 0 Å². The second-order valence-electron chi connectivity index (χ2n) is 5.92. The van der Waals surface area contributed by atoms with E-state index in [2.05, 4.69) is 30.8 Å². The zero-order valence-electron chi connectivity index (χ0n) is 15.0. The zero-order chi connectivity index (χ0) is 19.0. The summed E-state index contributed by atoms with van der Waals surface area (Å²) >= 11 is 0. The Morgan fingerprint density at radius 1 is 0.857 bits per heavy atom. The van der Waals surface area contributed by atoms with Gasteiger partial charge in [-0.1, -0.05) is 36.4 Å². The number of nitrogens with zero attached hydrogens (tertiary/aromatic N) is 4. The standard InChI is InChI=1S/C21H18N6O/c1-2-8-17(9-3-1)28-19-11-5-4-10-18(19)25-21-26-20(15-24-27-21)23-14-16-7-6-12-22-13-16/h1-13,15H,14H2,(H2,23,25,26,27). The fourth-order valence-electron chi connectivity index (χ4n) is 2.53. The molecule has 0 radical (unpaired) electrons. The van der Waals surface area contributed by atoms with Gasteiger partial charge in [0.25, 0.3) is 0 Å². The van der Waals surface area contributed by atoms with Crippen molar-refractivity contribution in [3.05, 3.63) is 90.9 Å². The number of aromatic nitrogens is 4. The summed E-state index contributed by atoms with van der Waals surface area (Å²) < 4.78 is 5.96. The summed E-state index contributed by atoms with van der Waals surface area (Å²) in [5.74, 6) is 2.41. The fraction of sp³-hybridized carbons (Fsp3) is 0.0476. The van der Waals surface area contributed by atoms with E-state index < -0.39 is 0 Å². The van der Waals surface area contributed by atoms with Gasteiger partial charge in [0.15, 0.2) is 11.6 Å². The third-order valence-electron chi connectivity index (χ3n) is 3.86. The summed E-state index contributed by atoms with van der Waals surface area (Å²) in [6.07, 6.45) is 5.12. The highest BCUT2D eigenvalue weighted by molar-refractivity contribution is 5.63. The summed E-state index contributed by atoms with van der Waals surface area (Å²) in [6, 6.07) is 21.1. The number of benzene rings is 2. The predicted molar refractivity (Wildman–Crippen MR) is 108 cm³/mol. The van der Waals surface area contributed by atoms with Gasteiger partial charge >= 0.3 is 0 Å². The van der Waals surface area contributed by atoms with Gasteiger partial charge in [-0.05, 0) is 35.9 Å². The van der Waals surface area contributed by atoms with Crippen LogP contribution in [-0.4, -0.2) is 20.2 Å². The van der Waals surface area contributed by atoms with Gasteiger partial charge < -0.3 is 15.4 Å². The molecule has 4 aromatic rings. The molecular weight excluding hydrogens is 352 g/mol. The third kappa shape index (κ3) is 4.59. The van der Waals surface area contributed by atoms with Crippen molar-refractivity contribution in [3.8, 4) is 11.5 Å². The molecule has 7 nitrogen and oxygen atoms in total. The molecule has 2 aromatic heterocycles. The Balaban J connectivity index is 1.47. The Kier molecular flexibility index (Phi) is 5.34. The van der Waals surface area contributed by atoms with E-state index in [9.17, 15) is 0 Å². The van der Waals surface area contributed by atoms with Crippen molar-refractivity contribution < 1.29 is 4.74 Å². The Bertz CT molecular complexity index is 1030. The van der Waals surface area contributed by atoms with E-state index >= 15 is 0 Å². The molecule has 0 spiro atoms. The lowest BCUT2D eigenvalue weighted by molar-refractivity contribution is 0.485. The number of hydrogen-bond acceptors (Lipinski definition) is 7. The predicted octanol–water partition coefficient (Wildman–Crippen LogP) is 4.41. The van der Waals surface area contributed by atoms with Crippen molar-refractivity contribution in [2.24, 2.45) is 0 Å². The van der Waals surface area contributed by atoms with E-state index in [1.807, 2.05) is 66.7 Å². The van der Waals surface area contributed by atoms with Gasteiger partial charge in [0, 0.05) is 18.9 Å². The molecule has 0 saturated carbocycles. The largest absolute Gasteiger partial charge is 0.455 e. The van der Waals surface area contributed by atoms with Crippen LogP contribution in [0.25, 0.3) is 0 Å². The van der Waals surface area contributed by atoms with Crippen molar-refractivity contribution in [1.82, 2.24) is 20.2 Å². The molecule has 0 aliphatic carbocycles. The average Bonchev–Trinajstić information content (AvgIpc) is 2.75. The SMILES string of the molecule is c1ccc(Oc2ccccc2Nc2nncc(NCc3cccnc3)n2)cc1. The van der Waals surface area contributed by atoms with Crippen LogP contribution >= 0.6 is 0 Å². The average molecular weight is 370 g/mol. The summed E-state index contributed by atoms with van der Waals surface area (Å²) in [7, 11) is 0. The first-order valence-corrected chi connectivity index (χ1v) is 8.78. The molecule has 0 aliphatic rings. The smallest absolute Gasteiger partial charge is 0.249 e. The number of hydrogen-bond donors (Lipinski definition) is 2. The molecule has 28 heavy (non-hydrogen) atoms. The van der Waals surface area contributed by atoms with E-state index in [4.69, 9.17) is 4.74 Å². The van der Waals surface area contributed by atoms with Crippen LogP contribution in [0.15, 0.2) is 85.3 Å². The lowest BCUT2D eigenvalue weighted by Gasteiger charge is -2.12. The molecule has 0 amide bonds. The molecule has 2 heterocycles. The minimum Gasteiger partial charge on any atom is -0.455 e. The van der Waals surface area contributed by atoms with Gasteiger partial charge in [0.1, 0.15) is 5.75 Å². The zero-order valence-corrected chi connectivity index (χ0v) is 15.0. The molecule has 7 heteroatoms. The summed E-state index contributed by atoms with van der Waals surface area (Å²) in [5.41, 5.74) is 1.80. The number of para-hydroxylation sites is 3. The third-order valence-corrected chi connectivity index (χ3v) is 3.86. The minimum atomic E-state index is 0.375. The topological polar surface area (TPSA) is 84.9 Å². The first-order valence-electron chi connectivity index (χ1n) is 8.78. The fourth-order valence-corrected chi connectivity index (χ4v) is 2.53. The van der Waals surface area contributed by atoms with E-state index in [0.29, 0.717) is 24.1 Å². The molecule has 0 aliphatic heterocycles. The molecule has 2 N–H and O–H groups in total. The van der Waals surface area contributed by atoms with Gasteiger partial charge in [-0.3, -0.25) is 4.98 Å². The highest BCUT2D eigenvalue weighted by Crippen LogP contribution is 2.30. The minimum absolute atomic E-state index is 0.375. The number of nitrogens with one attached hydrogen (secondary N) is 2. The lowest BCUT2D eigenvalue weighted by Crippen LogP contribution is -2.06. The van der Waals surface area contributed by atoms with Gasteiger partial charge in [-0.25, -0.2) is 0 Å². The van der Waals surface area contributed by atoms with Crippen LogP contribution in [0.1, 0.15) is 5.56 Å². The normalized spacial score (nSPS) is 10.3. The summed E-state index contributed by atoms with van der Waals surface area (Å²) in [5, 5.41) is 14.5. The Morgan fingerprint density at radius 3 is 2.57 bits per heavy atom.